The summed E-state index contributed by atoms with van der Waals surface area (Å²) in [5.74, 6) is -0.493. The number of rotatable bonds is 8. The molecule has 0 heterocycles. The van der Waals surface area contributed by atoms with Crippen LogP contribution < -0.4 is 10.6 Å². The second-order valence-electron chi connectivity index (χ2n) is 7.79. The highest BCUT2D eigenvalue weighted by Gasteiger charge is 2.11. The lowest BCUT2D eigenvalue weighted by Crippen LogP contribution is -2.22. The molecule has 33 heavy (non-hydrogen) atoms. The third-order valence-electron chi connectivity index (χ3n) is 5.54. The van der Waals surface area contributed by atoms with Crippen molar-refractivity contribution in [1.82, 2.24) is 4.90 Å². The predicted octanol–water partition coefficient (Wildman–Crippen LogP) is 5.21. The summed E-state index contributed by atoms with van der Waals surface area (Å²) in [5, 5.41) is 14.7. The largest absolute Gasteiger partial charge is 0.322 e. The molecule has 0 fully saturated rings. The van der Waals surface area contributed by atoms with Crippen molar-refractivity contribution in [2.45, 2.75) is 27.3 Å². The monoisotopic (exact) mass is 440 g/mol. The third kappa shape index (κ3) is 6.28. The van der Waals surface area contributed by atoms with Crippen molar-refractivity contribution in [3.8, 4) is 6.07 Å². The van der Waals surface area contributed by atoms with Crippen molar-refractivity contribution >= 4 is 23.2 Å². The number of benzene rings is 3. The lowest BCUT2D eigenvalue weighted by atomic mass is 10.1. The van der Waals surface area contributed by atoms with Crippen LogP contribution in [0.3, 0.4) is 0 Å². The van der Waals surface area contributed by atoms with E-state index in [0.29, 0.717) is 28.1 Å². The first kappa shape index (κ1) is 23.7. The van der Waals surface area contributed by atoms with Crippen molar-refractivity contribution in [2.75, 3.05) is 23.7 Å². The molecule has 0 aliphatic carbocycles. The molecule has 0 saturated heterocycles. The number of carbonyl (C=O) groups excluding carboxylic acids is 2. The summed E-state index contributed by atoms with van der Waals surface area (Å²) in [6, 6.07) is 21.4. The van der Waals surface area contributed by atoms with Crippen LogP contribution >= 0.6 is 0 Å². The van der Waals surface area contributed by atoms with E-state index in [9.17, 15) is 9.59 Å². The zero-order chi connectivity index (χ0) is 23.8. The highest BCUT2D eigenvalue weighted by molar-refractivity contribution is 6.06. The van der Waals surface area contributed by atoms with Gasteiger partial charge in [-0.15, -0.1) is 0 Å². The normalized spacial score (nSPS) is 10.5. The maximum absolute atomic E-state index is 12.8. The van der Waals surface area contributed by atoms with E-state index in [1.54, 1.807) is 36.4 Å². The fraction of sp³-hybridized carbons (Fsp3) is 0.222. The maximum atomic E-state index is 12.8. The molecule has 0 aliphatic heterocycles. The molecule has 0 radical (unpaired) electrons. The number of nitriles is 1. The molecule has 0 aromatic heterocycles. The molecule has 0 bridgehead atoms. The quantitative estimate of drug-likeness (QED) is 0.503. The molecule has 0 aliphatic rings. The Kier molecular flexibility index (Phi) is 7.96. The van der Waals surface area contributed by atoms with Gasteiger partial charge in [0.15, 0.2) is 0 Å². The van der Waals surface area contributed by atoms with E-state index in [2.05, 4.69) is 29.4 Å². The first-order valence-corrected chi connectivity index (χ1v) is 11.0. The number of anilines is 2. The molecule has 168 valence electrons. The van der Waals surface area contributed by atoms with E-state index < -0.39 is 0 Å². The second kappa shape index (κ2) is 11.1. The van der Waals surface area contributed by atoms with Crippen LogP contribution in [0.25, 0.3) is 0 Å². The summed E-state index contributed by atoms with van der Waals surface area (Å²) in [5.41, 5.74) is 4.77. The summed E-state index contributed by atoms with van der Waals surface area (Å²) < 4.78 is 0. The van der Waals surface area contributed by atoms with Gasteiger partial charge in [-0.1, -0.05) is 32.0 Å². The fourth-order valence-corrected chi connectivity index (χ4v) is 3.40. The van der Waals surface area contributed by atoms with Gasteiger partial charge < -0.3 is 10.6 Å². The van der Waals surface area contributed by atoms with Gasteiger partial charge in [0.25, 0.3) is 11.8 Å². The zero-order valence-electron chi connectivity index (χ0n) is 19.2. The number of carbonyl (C=O) groups is 2. The number of nitrogens with zero attached hydrogens (tertiary/aromatic N) is 2. The van der Waals surface area contributed by atoms with Crippen LogP contribution in [0, 0.1) is 18.3 Å². The van der Waals surface area contributed by atoms with E-state index in [-0.39, 0.29) is 11.8 Å². The molecule has 2 amide bonds. The standard InChI is InChI=1S/C27H28N4O2/c1-4-31(5-2)18-21-9-13-23(14-10-21)27(33)30-25-16-24(15-6-19(25)3)29-26(32)22-11-7-20(17-28)8-12-22/h6-16H,4-5,18H2,1-3H3,(H,29,32)(H,30,33). The van der Waals surface area contributed by atoms with Crippen LogP contribution in [-0.2, 0) is 6.54 Å². The Morgan fingerprint density at radius 3 is 2.00 bits per heavy atom. The maximum Gasteiger partial charge on any atom is 0.255 e. The average Bonchev–Trinajstić information content (AvgIpc) is 2.84. The van der Waals surface area contributed by atoms with Crippen molar-refractivity contribution in [2.24, 2.45) is 0 Å². The fourth-order valence-electron chi connectivity index (χ4n) is 3.40. The Morgan fingerprint density at radius 2 is 1.42 bits per heavy atom. The smallest absolute Gasteiger partial charge is 0.255 e. The molecule has 2 N–H and O–H groups in total. The summed E-state index contributed by atoms with van der Waals surface area (Å²) in [4.78, 5) is 27.6. The van der Waals surface area contributed by atoms with Crippen LogP contribution in [0.1, 0.15) is 51.3 Å². The van der Waals surface area contributed by atoms with Crippen molar-refractivity contribution in [3.63, 3.8) is 0 Å². The highest BCUT2D eigenvalue weighted by Crippen LogP contribution is 2.22. The summed E-state index contributed by atoms with van der Waals surface area (Å²) in [6.45, 7) is 8.99. The first-order chi connectivity index (χ1) is 15.9. The van der Waals surface area contributed by atoms with Gasteiger partial charge in [-0.05, 0) is 79.7 Å². The Hall–Kier alpha value is -3.95. The minimum Gasteiger partial charge on any atom is -0.322 e. The molecule has 0 unspecified atom stereocenters. The van der Waals surface area contributed by atoms with Crippen LogP contribution in [0.2, 0.25) is 0 Å². The van der Waals surface area contributed by atoms with E-state index in [1.165, 1.54) is 5.56 Å². The van der Waals surface area contributed by atoms with Crippen molar-refractivity contribution in [1.29, 1.82) is 5.26 Å². The number of aryl methyl sites for hydroxylation is 1. The van der Waals surface area contributed by atoms with E-state index in [0.717, 1.165) is 25.2 Å². The molecule has 6 nitrogen and oxygen atoms in total. The molecule has 3 aromatic carbocycles. The van der Waals surface area contributed by atoms with Crippen LogP contribution in [-0.4, -0.2) is 29.8 Å². The number of amides is 2. The van der Waals surface area contributed by atoms with Crippen LogP contribution in [0.5, 0.6) is 0 Å². The Morgan fingerprint density at radius 1 is 0.848 bits per heavy atom. The van der Waals surface area contributed by atoms with E-state index in [1.807, 2.05) is 43.3 Å². The topological polar surface area (TPSA) is 85.2 Å². The van der Waals surface area contributed by atoms with Crippen molar-refractivity contribution < 1.29 is 9.59 Å². The van der Waals surface area contributed by atoms with E-state index >= 15 is 0 Å². The van der Waals surface area contributed by atoms with Gasteiger partial charge in [0.2, 0.25) is 0 Å². The van der Waals surface area contributed by atoms with Gasteiger partial charge in [-0.2, -0.15) is 5.26 Å². The molecule has 0 spiro atoms. The predicted molar refractivity (Wildman–Crippen MR) is 131 cm³/mol. The van der Waals surface area contributed by atoms with E-state index in [4.69, 9.17) is 5.26 Å². The lowest BCUT2D eigenvalue weighted by molar-refractivity contribution is 0.101. The Balaban J connectivity index is 1.68. The van der Waals surface area contributed by atoms with Gasteiger partial charge in [0.1, 0.15) is 0 Å². The van der Waals surface area contributed by atoms with Crippen LogP contribution in [0.4, 0.5) is 11.4 Å². The zero-order valence-corrected chi connectivity index (χ0v) is 19.2. The minimum atomic E-state index is -0.288. The number of hydrogen-bond acceptors (Lipinski definition) is 4. The SMILES string of the molecule is CCN(CC)Cc1ccc(C(=O)Nc2cc(NC(=O)c3ccc(C#N)cc3)ccc2C)cc1. The number of nitrogens with one attached hydrogen (secondary N) is 2. The molecule has 3 aromatic rings. The molecule has 3 rings (SSSR count). The average molecular weight is 441 g/mol. The highest BCUT2D eigenvalue weighted by atomic mass is 16.2. The molecule has 0 saturated carbocycles. The van der Waals surface area contributed by atoms with Gasteiger partial charge in [-0.25, -0.2) is 0 Å². The molecular formula is C27H28N4O2. The summed E-state index contributed by atoms with van der Waals surface area (Å²) in [7, 11) is 0. The minimum absolute atomic E-state index is 0.206. The Labute approximate surface area is 194 Å². The summed E-state index contributed by atoms with van der Waals surface area (Å²) >= 11 is 0. The summed E-state index contributed by atoms with van der Waals surface area (Å²) in [6.07, 6.45) is 0. The van der Waals surface area contributed by atoms with Crippen LogP contribution in [0.15, 0.2) is 66.7 Å². The molecule has 0 atom stereocenters. The second-order valence-corrected chi connectivity index (χ2v) is 7.79. The first-order valence-electron chi connectivity index (χ1n) is 11.0. The molecule has 6 heteroatoms. The van der Waals surface area contributed by atoms with Gasteiger partial charge in [0.05, 0.1) is 11.6 Å². The Bertz CT molecular complexity index is 1160. The number of hydrogen-bond donors (Lipinski definition) is 2. The lowest BCUT2D eigenvalue weighted by Gasteiger charge is -2.18. The van der Waals surface area contributed by atoms with Gasteiger partial charge in [-0.3, -0.25) is 14.5 Å². The van der Waals surface area contributed by atoms with Crippen molar-refractivity contribution in [3.05, 3.63) is 94.5 Å². The third-order valence-corrected chi connectivity index (χ3v) is 5.54. The molecular weight excluding hydrogens is 412 g/mol. The van der Waals surface area contributed by atoms with Gasteiger partial charge >= 0.3 is 0 Å². The van der Waals surface area contributed by atoms with Gasteiger partial charge in [0, 0.05) is 29.0 Å².